The fourth-order valence-electron chi connectivity index (χ4n) is 1.64. The van der Waals surface area contributed by atoms with Crippen molar-refractivity contribution in [2.75, 3.05) is 0 Å². The van der Waals surface area contributed by atoms with Gasteiger partial charge in [-0.1, -0.05) is 45.0 Å². The maximum absolute atomic E-state index is 11.9. The molecule has 0 aliphatic rings. The van der Waals surface area contributed by atoms with Gasteiger partial charge in [-0.2, -0.15) is 0 Å². The summed E-state index contributed by atoms with van der Waals surface area (Å²) in [7, 11) is 0. The van der Waals surface area contributed by atoms with Gasteiger partial charge < -0.3 is 10.1 Å². The summed E-state index contributed by atoms with van der Waals surface area (Å²) in [6.07, 6.45) is 0. The molecule has 1 rings (SSSR count). The predicted octanol–water partition coefficient (Wildman–Crippen LogP) is 3.44. The molecule has 0 heterocycles. The van der Waals surface area contributed by atoms with E-state index >= 15 is 0 Å². The van der Waals surface area contributed by atoms with Crippen LogP contribution < -0.4 is 5.32 Å². The van der Waals surface area contributed by atoms with Gasteiger partial charge in [-0.05, 0) is 31.9 Å². The maximum atomic E-state index is 11.9. The van der Waals surface area contributed by atoms with Crippen molar-refractivity contribution >= 4 is 11.9 Å². The van der Waals surface area contributed by atoms with Crippen LogP contribution in [0.2, 0.25) is 0 Å². The van der Waals surface area contributed by atoms with E-state index in [1.54, 1.807) is 0 Å². The molecule has 1 aromatic rings. The zero-order valence-corrected chi connectivity index (χ0v) is 14.4. The minimum atomic E-state index is -0.502. The lowest BCUT2D eigenvalue weighted by Crippen LogP contribution is -2.34. The van der Waals surface area contributed by atoms with Crippen LogP contribution >= 0.6 is 0 Å². The molecule has 1 amide bonds. The van der Waals surface area contributed by atoms with Crippen molar-refractivity contribution in [2.24, 2.45) is 10.8 Å². The fraction of sp³-hybridized carbons (Fsp3) is 0.556. The Bertz CT molecular complexity index is 491. The molecule has 0 saturated carbocycles. The third-order valence-electron chi connectivity index (χ3n) is 3.11. The second-order valence-electron chi connectivity index (χ2n) is 7.58. The standard InChI is InChI=1S/C18H27NO3/c1-17(2,3)15(20)19-11-13-8-7-9-14(10-13)12-22-16(21)18(4,5)6/h7-10H,11-12H2,1-6H3,(H,19,20). The van der Waals surface area contributed by atoms with Gasteiger partial charge in [0.05, 0.1) is 5.41 Å². The van der Waals surface area contributed by atoms with Crippen molar-refractivity contribution in [3.63, 3.8) is 0 Å². The van der Waals surface area contributed by atoms with E-state index in [9.17, 15) is 9.59 Å². The number of rotatable bonds is 4. The molecular formula is C18H27NO3. The Labute approximate surface area is 133 Å². The molecule has 1 N–H and O–H groups in total. The molecule has 1 aromatic carbocycles. The molecule has 0 aliphatic heterocycles. The van der Waals surface area contributed by atoms with Gasteiger partial charge in [0.15, 0.2) is 0 Å². The Morgan fingerprint density at radius 2 is 1.59 bits per heavy atom. The van der Waals surface area contributed by atoms with Gasteiger partial charge >= 0.3 is 5.97 Å². The third-order valence-corrected chi connectivity index (χ3v) is 3.11. The van der Waals surface area contributed by atoms with E-state index in [1.165, 1.54) is 0 Å². The minimum Gasteiger partial charge on any atom is -0.460 e. The quantitative estimate of drug-likeness (QED) is 0.867. The summed E-state index contributed by atoms with van der Waals surface area (Å²) < 4.78 is 5.30. The minimum absolute atomic E-state index is 0.0112. The highest BCUT2D eigenvalue weighted by Crippen LogP contribution is 2.17. The first kappa shape index (κ1) is 18.2. The lowest BCUT2D eigenvalue weighted by Gasteiger charge is -2.18. The van der Waals surface area contributed by atoms with Crippen LogP contribution in [0.5, 0.6) is 0 Å². The van der Waals surface area contributed by atoms with Crippen molar-refractivity contribution < 1.29 is 14.3 Å². The molecule has 122 valence electrons. The number of carbonyl (C=O) groups excluding carboxylic acids is 2. The topological polar surface area (TPSA) is 55.4 Å². The van der Waals surface area contributed by atoms with Crippen LogP contribution in [0.1, 0.15) is 52.7 Å². The van der Waals surface area contributed by atoms with E-state index in [-0.39, 0.29) is 18.5 Å². The first-order valence-electron chi connectivity index (χ1n) is 7.53. The monoisotopic (exact) mass is 305 g/mol. The number of esters is 1. The first-order chi connectivity index (χ1) is 10.00. The normalized spacial score (nSPS) is 11.9. The Morgan fingerprint density at radius 3 is 2.14 bits per heavy atom. The molecule has 0 saturated heterocycles. The molecule has 4 nitrogen and oxygen atoms in total. The van der Waals surface area contributed by atoms with Crippen LogP contribution in [0, 0.1) is 10.8 Å². The van der Waals surface area contributed by atoms with Crippen LogP contribution in [0.3, 0.4) is 0 Å². The van der Waals surface area contributed by atoms with Gasteiger partial charge in [0.1, 0.15) is 6.61 Å². The van der Waals surface area contributed by atoms with Crippen molar-refractivity contribution in [2.45, 2.75) is 54.7 Å². The molecule has 0 bridgehead atoms. The van der Waals surface area contributed by atoms with Crippen LogP contribution in [0.15, 0.2) is 24.3 Å². The summed E-state index contributed by atoms with van der Waals surface area (Å²) in [6.45, 7) is 11.8. The Balaban J connectivity index is 2.60. The summed E-state index contributed by atoms with van der Waals surface area (Å²) in [6, 6.07) is 7.70. The highest BCUT2D eigenvalue weighted by atomic mass is 16.5. The zero-order valence-electron chi connectivity index (χ0n) is 14.4. The highest BCUT2D eigenvalue weighted by molar-refractivity contribution is 5.81. The fourth-order valence-corrected chi connectivity index (χ4v) is 1.64. The number of nitrogens with one attached hydrogen (secondary N) is 1. The SMILES string of the molecule is CC(C)(C)C(=O)NCc1cccc(COC(=O)C(C)(C)C)c1. The van der Waals surface area contributed by atoms with E-state index in [4.69, 9.17) is 4.74 Å². The van der Waals surface area contributed by atoms with Crippen LogP contribution in [0.4, 0.5) is 0 Å². The summed E-state index contributed by atoms with van der Waals surface area (Å²) >= 11 is 0. The Hall–Kier alpha value is -1.84. The predicted molar refractivity (Wildman–Crippen MR) is 87.0 cm³/mol. The van der Waals surface area contributed by atoms with Crippen molar-refractivity contribution in [1.29, 1.82) is 0 Å². The second kappa shape index (κ2) is 6.95. The molecule has 4 heteroatoms. The van der Waals surface area contributed by atoms with Gasteiger partial charge in [-0.15, -0.1) is 0 Å². The smallest absolute Gasteiger partial charge is 0.311 e. The number of ether oxygens (including phenoxy) is 1. The average Bonchev–Trinajstić information content (AvgIpc) is 2.40. The van der Waals surface area contributed by atoms with Gasteiger partial charge in [0.2, 0.25) is 5.91 Å². The molecule has 0 radical (unpaired) electrons. The van der Waals surface area contributed by atoms with Crippen LogP contribution in [-0.2, 0) is 27.5 Å². The molecule has 0 aliphatic carbocycles. The van der Waals surface area contributed by atoms with Crippen molar-refractivity contribution in [3.05, 3.63) is 35.4 Å². The number of hydrogen-bond acceptors (Lipinski definition) is 3. The number of benzene rings is 1. The van der Waals surface area contributed by atoms with Crippen molar-refractivity contribution in [1.82, 2.24) is 5.32 Å². The average molecular weight is 305 g/mol. The van der Waals surface area contributed by atoms with E-state index in [0.717, 1.165) is 11.1 Å². The number of amides is 1. The maximum Gasteiger partial charge on any atom is 0.311 e. The summed E-state index contributed by atoms with van der Waals surface area (Å²) in [5, 5.41) is 2.91. The van der Waals surface area contributed by atoms with Crippen molar-refractivity contribution in [3.8, 4) is 0 Å². The number of hydrogen-bond donors (Lipinski definition) is 1. The van der Waals surface area contributed by atoms with Gasteiger partial charge in [-0.3, -0.25) is 9.59 Å². The van der Waals surface area contributed by atoms with E-state index in [0.29, 0.717) is 6.54 Å². The van der Waals surface area contributed by atoms with E-state index < -0.39 is 10.8 Å². The molecule has 0 aromatic heterocycles. The highest BCUT2D eigenvalue weighted by Gasteiger charge is 2.23. The third kappa shape index (κ3) is 5.88. The summed E-state index contributed by atoms with van der Waals surface area (Å²) in [4.78, 5) is 23.6. The molecule has 0 spiro atoms. The number of carbonyl (C=O) groups is 2. The zero-order chi connectivity index (χ0) is 17.0. The lowest BCUT2D eigenvalue weighted by atomic mass is 9.95. The van der Waals surface area contributed by atoms with Gasteiger partial charge in [0, 0.05) is 12.0 Å². The Morgan fingerprint density at radius 1 is 1.00 bits per heavy atom. The largest absolute Gasteiger partial charge is 0.460 e. The van der Waals surface area contributed by atoms with Gasteiger partial charge in [-0.25, -0.2) is 0 Å². The summed E-state index contributed by atoms with van der Waals surface area (Å²) in [5.74, 6) is -0.212. The molecule has 22 heavy (non-hydrogen) atoms. The second-order valence-corrected chi connectivity index (χ2v) is 7.58. The van der Waals surface area contributed by atoms with Gasteiger partial charge in [0.25, 0.3) is 0 Å². The van der Waals surface area contributed by atoms with Crippen LogP contribution in [0.25, 0.3) is 0 Å². The first-order valence-corrected chi connectivity index (χ1v) is 7.53. The molecule has 0 unspecified atom stereocenters. The molecule has 0 fully saturated rings. The van der Waals surface area contributed by atoms with Crippen LogP contribution in [-0.4, -0.2) is 11.9 Å². The molecular weight excluding hydrogens is 278 g/mol. The lowest BCUT2D eigenvalue weighted by molar-refractivity contribution is -0.154. The van der Waals surface area contributed by atoms with E-state index in [2.05, 4.69) is 5.32 Å². The summed E-state index contributed by atoms with van der Waals surface area (Å²) in [5.41, 5.74) is 1.00. The van der Waals surface area contributed by atoms with E-state index in [1.807, 2.05) is 65.8 Å². The molecule has 0 atom stereocenters. The Kier molecular flexibility index (Phi) is 5.75.